The van der Waals surface area contributed by atoms with Crippen LogP contribution in [0.5, 0.6) is 0 Å². The summed E-state index contributed by atoms with van der Waals surface area (Å²) in [5.74, 6) is 0. The molecule has 2 rings (SSSR count). The lowest BCUT2D eigenvalue weighted by Crippen LogP contribution is -2.34. The minimum atomic E-state index is -0.278. The Kier molecular flexibility index (Phi) is 2.41. The van der Waals surface area contributed by atoms with Gasteiger partial charge in [-0.1, -0.05) is 6.92 Å². The van der Waals surface area contributed by atoms with Crippen molar-refractivity contribution in [1.29, 1.82) is 0 Å². The smallest absolute Gasteiger partial charge is 0.0953 e. The number of nitrogens with zero attached hydrogens (tertiary/aromatic N) is 1. The number of fused-ring (bicyclic) bond motifs is 1. The number of thiophene rings is 1. The second-order valence-electron chi connectivity index (χ2n) is 4.78. The molecule has 0 bridgehead atoms. The molecule has 0 spiro atoms. The Balaban J connectivity index is 2.23. The zero-order valence-corrected chi connectivity index (χ0v) is 9.77. The maximum atomic E-state index is 10.2. The van der Waals surface area contributed by atoms with Crippen molar-refractivity contribution >= 4 is 11.3 Å². The van der Waals surface area contributed by atoms with Crippen molar-refractivity contribution < 1.29 is 5.11 Å². The van der Waals surface area contributed by atoms with E-state index < -0.39 is 0 Å². The van der Waals surface area contributed by atoms with Crippen LogP contribution in [0.15, 0.2) is 11.4 Å². The molecule has 2 nitrogen and oxygen atoms in total. The fourth-order valence-corrected chi connectivity index (χ4v) is 3.53. The zero-order chi connectivity index (χ0) is 10.3. The van der Waals surface area contributed by atoms with Gasteiger partial charge in [0.2, 0.25) is 0 Å². The first kappa shape index (κ1) is 10.1. The molecule has 0 unspecified atom stereocenters. The van der Waals surface area contributed by atoms with Gasteiger partial charge < -0.3 is 10.0 Å². The van der Waals surface area contributed by atoms with Crippen LogP contribution >= 0.6 is 11.3 Å². The number of aliphatic hydroxyl groups is 1. The quantitative estimate of drug-likeness (QED) is 0.807. The molecule has 0 saturated heterocycles. The first-order chi connectivity index (χ1) is 6.53. The molecule has 1 heterocycles. The molecule has 0 aliphatic heterocycles. The van der Waals surface area contributed by atoms with E-state index in [2.05, 4.69) is 37.4 Å². The summed E-state index contributed by atoms with van der Waals surface area (Å²) >= 11 is 1.68. The molecule has 3 heteroatoms. The highest BCUT2D eigenvalue weighted by atomic mass is 32.1. The van der Waals surface area contributed by atoms with Gasteiger partial charge in [0.05, 0.1) is 6.10 Å². The third-order valence-electron chi connectivity index (χ3n) is 2.96. The van der Waals surface area contributed by atoms with Crippen LogP contribution in [-0.4, -0.2) is 30.6 Å². The Morgan fingerprint density at radius 1 is 1.64 bits per heavy atom. The lowest BCUT2D eigenvalue weighted by molar-refractivity contribution is 0.0351. The molecule has 0 aromatic carbocycles. The SMILES string of the molecule is CN(C)C[C@@]1(C)Cc2ccsc2[C@@H]1O. The summed E-state index contributed by atoms with van der Waals surface area (Å²) in [6.07, 6.45) is 0.727. The van der Waals surface area contributed by atoms with E-state index in [0.29, 0.717) is 0 Å². The molecule has 0 radical (unpaired) electrons. The van der Waals surface area contributed by atoms with Gasteiger partial charge in [0.25, 0.3) is 0 Å². The second kappa shape index (κ2) is 3.33. The molecule has 0 amide bonds. The van der Waals surface area contributed by atoms with E-state index in [4.69, 9.17) is 0 Å². The third kappa shape index (κ3) is 1.49. The molecule has 1 aliphatic carbocycles. The number of hydrogen-bond acceptors (Lipinski definition) is 3. The molecule has 1 N–H and O–H groups in total. The van der Waals surface area contributed by atoms with Crippen molar-refractivity contribution in [3.05, 3.63) is 21.9 Å². The summed E-state index contributed by atoms with van der Waals surface area (Å²) in [6, 6.07) is 2.14. The van der Waals surface area contributed by atoms with E-state index >= 15 is 0 Å². The van der Waals surface area contributed by atoms with Crippen molar-refractivity contribution in [3.63, 3.8) is 0 Å². The largest absolute Gasteiger partial charge is 0.387 e. The van der Waals surface area contributed by atoms with Gasteiger partial charge >= 0.3 is 0 Å². The first-order valence-electron chi connectivity index (χ1n) is 4.92. The summed E-state index contributed by atoms with van der Waals surface area (Å²) in [5.41, 5.74) is 1.35. The van der Waals surface area contributed by atoms with E-state index in [-0.39, 0.29) is 11.5 Å². The van der Waals surface area contributed by atoms with Crippen molar-refractivity contribution in [3.8, 4) is 0 Å². The average molecular weight is 211 g/mol. The number of rotatable bonds is 2. The molecule has 0 fully saturated rings. The van der Waals surface area contributed by atoms with E-state index in [9.17, 15) is 5.11 Å². The topological polar surface area (TPSA) is 23.5 Å². The molecule has 2 atom stereocenters. The van der Waals surface area contributed by atoms with Gasteiger partial charge in [0.1, 0.15) is 0 Å². The zero-order valence-electron chi connectivity index (χ0n) is 8.95. The summed E-state index contributed by atoms with van der Waals surface area (Å²) in [7, 11) is 4.12. The normalized spacial score (nSPS) is 31.1. The Bertz CT molecular complexity index is 334. The third-order valence-corrected chi connectivity index (χ3v) is 3.97. The highest BCUT2D eigenvalue weighted by Gasteiger charge is 2.42. The molecule has 1 aromatic heterocycles. The van der Waals surface area contributed by atoms with E-state index in [1.807, 2.05) is 0 Å². The molecule has 1 aromatic rings. The van der Waals surface area contributed by atoms with Gasteiger partial charge in [0, 0.05) is 16.8 Å². The number of aliphatic hydroxyl groups excluding tert-OH is 1. The molecule has 78 valence electrons. The Labute approximate surface area is 89.2 Å². The predicted octanol–water partition coefficient (Wildman–Crippen LogP) is 1.91. The summed E-state index contributed by atoms with van der Waals surface area (Å²) in [4.78, 5) is 3.33. The molecule has 14 heavy (non-hydrogen) atoms. The van der Waals surface area contributed by atoms with Crippen LogP contribution in [0, 0.1) is 5.41 Å². The standard InChI is InChI=1S/C11H17NOS/c1-11(7-12(2)3)6-8-4-5-14-9(8)10(11)13/h4-5,10,13H,6-7H2,1-3H3/t10-,11+/m0/s1. The summed E-state index contributed by atoms with van der Waals surface area (Å²) in [6.45, 7) is 3.11. The van der Waals surface area contributed by atoms with Gasteiger partial charge in [-0.05, 0) is 37.5 Å². The Morgan fingerprint density at radius 3 is 2.93 bits per heavy atom. The van der Waals surface area contributed by atoms with Crippen LogP contribution in [0.1, 0.15) is 23.5 Å². The van der Waals surface area contributed by atoms with Crippen LogP contribution in [0.25, 0.3) is 0 Å². The van der Waals surface area contributed by atoms with Crippen LogP contribution in [-0.2, 0) is 6.42 Å². The predicted molar refractivity (Wildman–Crippen MR) is 59.6 cm³/mol. The van der Waals surface area contributed by atoms with Gasteiger partial charge in [-0.25, -0.2) is 0 Å². The number of hydrogen-bond donors (Lipinski definition) is 1. The first-order valence-corrected chi connectivity index (χ1v) is 5.80. The van der Waals surface area contributed by atoms with E-state index in [1.54, 1.807) is 11.3 Å². The monoisotopic (exact) mass is 211 g/mol. The van der Waals surface area contributed by atoms with Crippen molar-refractivity contribution in [2.75, 3.05) is 20.6 Å². The average Bonchev–Trinajstić information content (AvgIpc) is 2.55. The highest BCUT2D eigenvalue weighted by Crippen LogP contribution is 2.47. The minimum Gasteiger partial charge on any atom is -0.387 e. The Hall–Kier alpha value is -0.380. The maximum absolute atomic E-state index is 10.2. The van der Waals surface area contributed by atoms with E-state index in [1.165, 1.54) is 10.4 Å². The van der Waals surface area contributed by atoms with Gasteiger partial charge in [0.15, 0.2) is 0 Å². The van der Waals surface area contributed by atoms with Crippen molar-refractivity contribution in [1.82, 2.24) is 4.90 Å². The fourth-order valence-electron chi connectivity index (χ4n) is 2.45. The lowest BCUT2D eigenvalue weighted by atomic mass is 9.85. The molecular formula is C11H17NOS. The second-order valence-corrected chi connectivity index (χ2v) is 5.73. The molecular weight excluding hydrogens is 194 g/mol. The molecule has 1 aliphatic rings. The minimum absolute atomic E-state index is 0.00588. The molecule has 0 saturated carbocycles. The van der Waals surface area contributed by atoms with Crippen LogP contribution in [0.2, 0.25) is 0 Å². The van der Waals surface area contributed by atoms with Crippen molar-refractivity contribution in [2.45, 2.75) is 19.4 Å². The maximum Gasteiger partial charge on any atom is 0.0953 e. The van der Waals surface area contributed by atoms with Crippen LogP contribution < -0.4 is 0 Å². The van der Waals surface area contributed by atoms with Crippen molar-refractivity contribution in [2.24, 2.45) is 5.41 Å². The van der Waals surface area contributed by atoms with Gasteiger partial charge in [-0.2, -0.15) is 0 Å². The lowest BCUT2D eigenvalue weighted by Gasteiger charge is -2.31. The van der Waals surface area contributed by atoms with Crippen LogP contribution in [0.3, 0.4) is 0 Å². The van der Waals surface area contributed by atoms with Crippen LogP contribution in [0.4, 0.5) is 0 Å². The highest BCUT2D eigenvalue weighted by molar-refractivity contribution is 7.10. The van der Waals surface area contributed by atoms with Gasteiger partial charge in [-0.15, -0.1) is 11.3 Å². The van der Waals surface area contributed by atoms with Gasteiger partial charge in [-0.3, -0.25) is 0 Å². The summed E-state index contributed by atoms with van der Waals surface area (Å²) in [5, 5.41) is 12.3. The fraction of sp³-hybridized carbons (Fsp3) is 0.636. The van der Waals surface area contributed by atoms with E-state index in [0.717, 1.165) is 13.0 Å². The summed E-state index contributed by atoms with van der Waals surface area (Å²) < 4.78 is 0. The Morgan fingerprint density at radius 2 is 2.36 bits per heavy atom.